The van der Waals surface area contributed by atoms with E-state index in [9.17, 15) is 9.90 Å². The summed E-state index contributed by atoms with van der Waals surface area (Å²) in [6.45, 7) is 1.69. The van der Waals surface area contributed by atoms with Crippen LogP contribution in [-0.4, -0.2) is 37.7 Å². The minimum absolute atomic E-state index is 0.204. The Morgan fingerprint density at radius 1 is 1.06 bits per heavy atom. The largest absolute Gasteiger partial charge is 0.480 e. The molecule has 2 heterocycles. The van der Waals surface area contributed by atoms with E-state index in [-0.39, 0.29) is 12.1 Å². The molecule has 1 fully saturated rings. The molecule has 1 atom stereocenters. The molecule has 8 heteroatoms. The van der Waals surface area contributed by atoms with Crippen LogP contribution in [0.4, 0.5) is 5.82 Å². The summed E-state index contributed by atoms with van der Waals surface area (Å²) >= 11 is 0. The molecule has 1 aliphatic carbocycles. The maximum absolute atomic E-state index is 11.2. The van der Waals surface area contributed by atoms with Gasteiger partial charge in [-0.25, -0.2) is 9.97 Å². The number of hydrogen-bond acceptors (Lipinski definition) is 6. The van der Waals surface area contributed by atoms with Gasteiger partial charge in [-0.2, -0.15) is 0 Å². The van der Waals surface area contributed by atoms with Crippen molar-refractivity contribution in [3.63, 3.8) is 0 Å². The zero-order valence-electron chi connectivity index (χ0n) is 19.6. The number of fused-ring (bicyclic) bond motifs is 1. The molecule has 8 nitrogen and oxygen atoms in total. The summed E-state index contributed by atoms with van der Waals surface area (Å²) in [6.07, 6.45) is 7.31. The number of rotatable bonds is 7. The molecule has 1 aliphatic rings. The fourth-order valence-corrected chi connectivity index (χ4v) is 4.88. The lowest BCUT2D eigenvalue weighted by molar-refractivity contribution is -0.139. The lowest BCUT2D eigenvalue weighted by Crippen LogP contribution is -2.43. The van der Waals surface area contributed by atoms with Gasteiger partial charge in [-0.1, -0.05) is 30.3 Å². The molecule has 5 rings (SSSR count). The van der Waals surface area contributed by atoms with E-state index in [1.807, 2.05) is 54.6 Å². The number of hydrogen-bond donors (Lipinski definition) is 3. The predicted molar refractivity (Wildman–Crippen MR) is 135 cm³/mol. The minimum atomic E-state index is -0.819. The molecular weight excluding hydrogens is 442 g/mol. The van der Waals surface area contributed by atoms with Gasteiger partial charge in [0.25, 0.3) is 0 Å². The molecule has 0 spiro atoms. The van der Waals surface area contributed by atoms with Crippen molar-refractivity contribution in [2.24, 2.45) is 0 Å². The molecule has 0 amide bonds. The molecule has 0 saturated heterocycles. The standard InChI is InChI=1S/C27H29N5O3/c1-17(27(33)34)31-19-9-11-20(12-10-19)32-15-23(24-25(28)29-16-30-26(24)32)18-7-13-22(14-8-18)35-21-5-3-2-4-6-21/h2-8,13-17,19-20,31H,9-12H2,1H3,(H,33,34)(H2,28,29,30)/t17-,19?,20?/m0/s1. The summed E-state index contributed by atoms with van der Waals surface area (Å²) in [4.78, 5) is 20.0. The number of anilines is 1. The molecule has 0 unspecified atom stereocenters. The molecule has 4 N–H and O–H groups in total. The number of nitrogens with two attached hydrogens (primary N) is 1. The van der Waals surface area contributed by atoms with Gasteiger partial charge in [-0.15, -0.1) is 0 Å². The average molecular weight is 472 g/mol. The summed E-state index contributed by atoms with van der Waals surface area (Å²) in [5.74, 6) is 1.19. The fraction of sp³-hybridized carbons (Fsp3) is 0.296. The van der Waals surface area contributed by atoms with E-state index >= 15 is 0 Å². The first-order valence-corrected chi connectivity index (χ1v) is 11.9. The van der Waals surface area contributed by atoms with Gasteiger partial charge in [0.15, 0.2) is 0 Å². The zero-order valence-corrected chi connectivity index (χ0v) is 19.6. The highest BCUT2D eigenvalue weighted by Gasteiger charge is 2.27. The van der Waals surface area contributed by atoms with Crippen molar-refractivity contribution in [1.29, 1.82) is 0 Å². The van der Waals surface area contributed by atoms with E-state index in [2.05, 4.69) is 26.0 Å². The first-order valence-electron chi connectivity index (χ1n) is 11.9. The second-order valence-corrected chi connectivity index (χ2v) is 9.08. The summed E-state index contributed by atoms with van der Waals surface area (Å²) in [7, 11) is 0. The molecule has 0 aliphatic heterocycles. The number of carbonyl (C=O) groups is 1. The van der Waals surface area contributed by atoms with E-state index in [0.29, 0.717) is 5.82 Å². The minimum Gasteiger partial charge on any atom is -0.480 e. The van der Waals surface area contributed by atoms with Crippen molar-refractivity contribution in [2.75, 3.05) is 5.73 Å². The van der Waals surface area contributed by atoms with Crippen LogP contribution < -0.4 is 15.8 Å². The first-order chi connectivity index (χ1) is 17.0. The van der Waals surface area contributed by atoms with Crippen LogP contribution in [0.3, 0.4) is 0 Å². The topological polar surface area (TPSA) is 115 Å². The van der Waals surface area contributed by atoms with E-state index in [4.69, 9.17) is 10.5 Å². The van der Waals surface area contributed by atoms with E-state index < -0.39 is 12.0 Å². The Morgan fingerprint density at radius 2 is 1.74 bits per heavy atom. The van der Waals surface area contributed by atoms with E-state index in [1.54, 1.807) is 6.92 Å². The molecule has 0 radical (unpaired) electrons. The Labute approximate surface area is 203 Å². The Morgan fingerprint density at radius 3 is 2.43 bits per heavy atom. The molecule has 180 valence electrons. The number of nitrogens with zero attached hydrogens (tertiary/aromatic N) is 3. The SMILES string of the molecule is C[C@H](NC1CCC(n2cc(-c3ccc(Oc4ccccc4)cc3)c3c(N)ncnc32)CC1)C(=O)O. The van der Waals surface area contributed by atoms with Gasteiger partial charge in [0.1, 0.15) is 35.3 Å². The maximum Gasteiger partial charge on any atom is 0.320 e. The van der Waals surface area contributed by atoms with Crippen molar-refractivity contribution in [3.05, 3.63) is 67.1 Å². The van der Waals surface area contributed by atoms with Crippen LogP contribution in [0, 0.1) is 0 Å². The van der Waals surface area contributed by atoms with Crippen molar-refractivity contribution in [3.8, 4) is 22.6 Å². The number of carboxylic acid groups (broad SMARTS) is 1. The van der Waals surface area contributed by atoms with Crippen LogP contribution in [0.1, 0.15) is 38.6 Å². The van der Waals surface area contributed by atoms with Crippen molar-refractivity contribution in [2.45, 2.75) is 50.7 Å². The van der Waals surface area contributed by atoms with Crippen molar-refractivity contribution < 1.29 is 14.6 Å². The third-order valence-electron chi connectivity index (χ3n) is 6.73. The van der Waals surface area contributed by atoms with Gasteiger partial charge in [0.2, 0.25) is 0 Å². The van der Waals surface area contributed by atoms with Crippen LogP contribution in [0.15, 0.2) is 67.1 Å². The number of benzene rings is 2. The van der Waals surface area contributed by atoms with Gasteiger partial charge in [-0.05, 0) is 62.4 Å². The number of nitrogen functional groups attached to an aromatic ring is 1. The van der Waals surface area contributed by atoms with Crippen molar-refractivity contribution in [1.82, 2.24) is 19.9 Å². The molecule has 4 aromatic rings. The second-order valence-electron chi connectivity index (χ2n) is 9.08. The molecule has 35 heavy (non-hydrogen) atoms. The summed E-state index contributed by atoms with van der Waals surface area (Å²) in [5.41, 5.74) is 9.15. The number of nitrogens with one attached hydrogen (secondary N) is 1. The molecule has 1 saturated carbocycles. The normalized spacial score (nSPS) is 18.9. The Bertz CT molecular complexity index is 1310. The molecular formula is C27H29N5O3. The van der Waals surface area contributed by atoms with Gasteiger partial charge in [-0.3, -0.25) is 4.79 Å². The lowest BCUT2D eigenvalue weighted by atomic mass is 9.90. The van der Waals surface area contributed by atoms with Crippen molar-refractivity contribution >= 4 is 22.8 Å². The number of para-hydroxylation sites is 1. The Kier molecular flexibility index (Phi) is 6.37. The molecule has 2 aromatic carbocycles. The maximum atomic E-state index is 11.2. The zero-order chi connectivity index (χ0) is 24.4. The highest BCUT2D eigenvalue weighted by Crippen LogP contribution is 2.38. The molecule has 2 aromatic heterocycles. The van der Waals surface area contributed by atoms with E-state index in [1.165, 1.54) is 6.33 Å². The first kappa shape index (κ1) is 22.9. The van der Waals surface area contributed by atoms with Crippen LogP contribution >= 0.6 is 0 Å². The lowest BCUT2D eigenvalue weighted by Gasteiger charge is -2.31. The third kappa shape index (κ3) is 4.83. The summed E-state index contributed by atoms with van der Waals surface area (Å²) < 4.78 is 8.15. The quantitative estimate of drug-likeness (QED) is 0.347. The Balaban J connectivity index is 1.39. The van der Waals surface area contributed by atoms with Crippen LogP contribution in [0.2, 0.25) is 0 Å². The fourth-order valence-electron chi connectivity index (χ4n) is 4.88. The monoisotopic (exact) mass is 471 g/mol. The third-order valence-corrected chi connectivity index (χ3v) is 6.73. The Hall–Kier alpha value is -3.91. The number of aliphatic carboxylic acids is 1. The van der Waals surface area contributed by atoms with E-state index in [0.717, 1.165) is 59.3 Å². The predicted octanol–water partition coefficient (Wildman–Crippen LogP) is 5.02. The number of ether oxygens (including phenoxy) is 1. The highest BCUT2D eigenvalue weighted by molar-refractivity contribution is 6.00. The second kappa shape index (κ2) is 9.76. The van der Waals surface area contributed by atoms with Gasteiger partial charge >= 0.3 is 5.97 Å². The average Bonchev–Trinajstić information content (AvgIpc) is 3.26. The highest BCUT2D eigenvalue weighted by atomic mass is 16.5. The van der Waals surface area contributed by atoms with Crippen LogP contribution in [-0.2, 0) is 4.79 Å². The van der Waals surface area contributed by atoms with Crippen LogP contribution in [0.5, 0.6) is 11.5 Å². The van der Waals surface area contributed by atoms with Gasteiger partial charge < -0.3 is 25.5 Å². The summed E-state index contributed by atoms with van der Waals surface area (Å²) in [5, 5.41) is 13.3. The van der Waals surface area contributed by atoms with Gasteiger partial charge in [0.05, 0.1) is 5.39 Å². The number of aromatic nitrogens is 3. The smallest absolute Gasteiger partial charge is 0.320 e. The molecule has 0 bridgehead atoms. The number of carboxylic acids is 1. The summed E-state index contributed by atoms with van der Waals surface area (Å²) in [6, 6.07) is 17.6. The van der Waals surface area contributed by atoms with Gasteiger partial charge in [0, 0.05) is 23.8 Å². The van der Waals surface area contributed by atoms with Crippen LogP contribution in [0.25, 0.3) is 22.2 Å².